The van der Waals surface area contributed by atoms with E-state index in [1.54, 1.807) is 0 Å². The SMILES string of the molecule is CCCCC/C=C/C/C=C/CCCCCCCC(=O)O[C@H](COC(=O)CCCCCCCCC)COP(=O)(O)O. The summed E-state index contributed by atoms with van der Waals surface area (Å²) in [6.07, 6.45) is 27.8. The van der Waals surface area contributed by atoms with E-state index in [1.165, 1.54) is 44.9 Å². The van der Waals surface area contributed by atoms with Crippen LogP contribution in [0, 0.1) is 0 Å². The zero-order valence-electron chi connectivity index (χ0n) is 25.2. The molecule has 0 fully saturated rings. The van der Waals surface area contributed by atoms with Gasteiger partial charge in [-0.2, -0.15) is 0 Å². The molecule has 0 aliphatic rings. The standard InChI is InChI=1S/C31H57O8P/c1-3-5-7-9-11-12-13-14-15-16-17-18-20-22-24-26-31(33)39-29(28-38-40(34,35)36)27-37-30(32)25-23-21-19-10-8-6-4-2/h11-12,14-15,29H,3-10,13,16-28H2,1-2H3,(H2,34,35,36)/b12-11+,15-14+/t29-/m1/s1. The highest BCUT2D eigenvalue weighted by atomic mass is 31.2. The average Bonchev–Trinajstić information content (AvgIpc) is 2.91. The van der Waals surface area contributed by atoms with Crippen molar-refractivity contribution in [2.75, 3.05) is 13.2 Å². The van der Waals surface area contributed by atoms with Crippen LogP contribution in [0.1, 0.15) is 142 Å². The number of hydrogen-bond acceptors (Lipinski definition) is 6. The summed E-state index contributed by atoms with van der Waals surface area (Å²) < 4.78 is 26.0. The van der Waals surface area contributed by atoms with Gasteiger partial charge in [-0.3, -0.25) is 14.1 Å². The van der Waals surface area contributed by atoms with Gasteiger partial charge in [0.15, 0.2) is 6.10 Å². The van der Waals surface area contributed by atoms with Gasteiger partial charge >= 0.3 is 19.8 Å². The summed E-state index contributed by atoms with van der Waals surface area (Å²) in [6.45, 7) is 3.56. The summed E-state index contributed by atoms with van der Waals surface area (Å²) in [5.74, 6) is -0.910. The molecular formula is C31H57O8P. The third-order valence-corrected chi connectivity index (χ3v) is 6.96. The van der Waals surface area contributed by atoms with E-state index in [0.29, 0.717) is 6.42 Å². The van der Waals surface area contributed by atoms with E-state index in [9.17, 15) is 14.2 Å². The van der Waals surface area contributed by atoms with Gasteiger partial charge in [-0.05, 0) is 44.9 Å². The Morgan fingerprint density at radius 3 is 1.70 bits per heavy atom. The lowest BCUT2D eigenvalue weighted by molar-refractivity contribution is -0.161. The predicted molar refractivity (Wildman–Crippen MR) is 161 cm³/mol. The molecular weight excluding hydrogens is 531 g/mol. The smallest absolute Gasteiger partial charge is 0.462 e. The molecule has 0 amide bonds. The Bertz CT molecular complexity index is 716. The molecule has 9 heteroatoms. The zero-order chi connectivity index (χ0) is 29.7. The molecule has 2 N–H and O–H groups in total. The molecule has 234 valence electrons. The van der Waals surface area contributed by atoms with Crippen molar-refractivity contribution in [2.24, 2.45) is 0 Å². The fraction of sp³-hybridized carbons (Fsp3) is 0.806. The van der Waals surface area contributed by atoms with Crippen LogP contribution in [-0.4, -0.2) is 41.0 Å². The average molecular weight is 589 g/mol. The summed E-state index contributed by atoms with van der Waals surface area (Å²) in [6, 6.07) is 0. The summed E-state index contributed by atoms with van der Waals surface area (Å²) in [7, 11) is -4.74. The van der Waals surface area contributed by atoms with Gasteiger partial charge < -0.3 is 19.3 Å². The minimum Gasteiger partial charge on any atom is -0.462 e. The van der Waals surface area contributed by atoms with E-state index in [2.05, 4.69) is 42.7 Å². The molecule has 0 aliphatic carbocycles. The second-order valence-corrected chi connectivity index (χ2v) is 11.7. The molecule has 0 spiro atoms. The van der Waals surface area contributed by atoms with Crippen LogP contribution in [0.3, 0.4) is 0 Å². The number of ether oxygens (including phenoxy) is 2. The normalized spacial score (nSPS) is 12.8. The molecule has 1 atom stereocenters. The van der Waals surface area contributed by atoms with Crippen molar-refractivity contribution in [2.45, 2.75) is 148 Å². The van der Waals surface area contributed by atoms with E-state index >= 15 is 0 Å². The van der Waals surface area contributed by atoms with E-state index in [0.717, 1.165) is 64.2 Å². The lowest BCUT2D eigenvalue weighted by Crippen LogP contribution is -2.29. The molecule has 0 aliphatic heterocycles. The highest BCUT2D eigenvalue weighted by Crippen LogP contribution is 2.35. The number of hydrogen-bond donors (Lipinski definition) is 2. The van der Waals surface area contributed by atoms with Crippen LogP contribution in [0.15, 0.2) is 24.3 Å². The van der Waals surface area contributed by atoms with Gasteiger partial charge in [0, 0.05) is 12.8 Å². The quantitative estimate of drug-likeness (QED) is 0.0404. The van der Waals surface area contributed by atoms with E-state index < -0.39 is 32.5 Å². The number of phosphoric ester groups is 1. The minimum atomic E-state index is -4.74. The Hall–Kier alpha value is -1.47. The van der Waals surface area contributed by atoms with Gasteiger partial charge in [-0.1, -0.05) is 109 Å². The molecule has 0 radical (unpaired) electrons. The van der Waals surface area contributed by atoms with Crippen LogP contribution < -0.4 is 0 Å². The highest BCUT2D eigenvalue weighted by molar-refractivity contribution is 7.46. The monoisotopic (exact) mass is 588 g/mol. The van der Waals surface area contributed by atoms with Crippen molar-refractivity contribution in [3.63, 3.8) is 0 Å². The number of allylic oxidation sites excluding steroid dienone is 4. The zero-order valence-corrected chi connectivity index (χ0v) is 26.1. The number of phosphoric acid groups is 1. The second kappa shape index (κ2) is 27.7. The molecule has 8 nitrogen and oxygen atoms in total. The Kier molecular flexibility index (Phi) is 26.7. The molecule has 40 heavy (non-hydrogen) atoms. The third kappa shape index (κ3) is 29.5. The van der Waals surface area contributed by atoms with Crippen molar-refractivity contribution in [1.29, 1.82) is 0 Å². The lowest BCUT2D eigenvalue weighted by Gasteiger charge is -2.18. The van der Waals surface area contributed by atoms with Crippen molar-refractivity contribution < 1.29 is 37.9 Å². The fourth-order valence-corrected chi connectivity index (χ4v) is 4.47. The molecule has 0 heterocycles. The third-order valence-electron chi connectivity index (χ3n) is 6.47. The molecule has 0 aromatic rings. The lowest BCUT2D eigenvalue weighted by atomic mass is 10.1. The molecule has 0 aromatic carbocycles. The fourth-order valence-electron chi connectivity index (χ4n) is 4.11. The Balaban J connectivity index is 4.05. The minimum absolute atomic E-state index is 0.197. The maximum absolute atomic E-state index is 12.2. The van der Waals surface area contributed by atoms with Crippen molar-refractivity contribution in [3.8, 4) is 0 Å². The van der Waals surface area contributed by atoms with Crippen LogP contribution in [0.5, 0.6) is 0 Å². The van der Waals surface area contributed by atoms with Crippen LogP contribution in [0.2, 0.25) is 0 Å². The summed E-state index contributed by atoms with van der Waals surface area (Å²) >= 11 is 0. The predicted octanol–water partition coefficient (Wildman–Crippen LogP) is 8.50. The van der Waals surface area contributed by atoms with E-state index in [4.69, 9.17) is 19.3 Å². The van der Waals surface area contributed by atoms with Gasteiger partial charge in [-0.25, -0.2) is 4.57 Å². The van der Waals surface area contributed by atoms with Crippen LogP contribution in [0.25, 0.3) is 0 Å². The first kappa shape index (κ1) is 38.5. The molecule has 0 saturated carbocycles. The maximum Gasteiger partial charge on any atom is 0.469 e. The van der Waals surface area contributed by atoms with Gasteiger partial charge in [0.2, 0.25) is 0 Å². The Morgan fingerprint density at radius 1 is 0.650 bits per heavy atom. The topological polar surface area (TPSA) is 119 Å². The largest absolute Gasteiger partial charge is 0.469 e. The Morgan fingerprint density at radius 2 is 1.12 bits per heavy atom. The van der Waals surface area contributed by atoms with Gasteiger partial charge in [-0.15, -0.1) is 0 Å². The summed E-state index contributed by atoms with van der Waals surface area (Å²) in [5.41, 5.74) is 0. The summed E-state index contributed by atoms with van der Waals surface area (Å²) in [5, 5.41) is 0. The molecule has 0 aromatic heterocycles. The second-order valence-electron chi connectivity index (χ2n) is 10.4. The first-order valence-corrected chi connectivity index (χ1v) is 17.2. The highest BCUT2D eigenvalue weighted by Gasteiger charge is 2.22. The first-order chi connectivity index (χ1) is 19.3. The molecule has 0 unspecified atom stereocenters. The maximum atomic E-state index is 12.2. The van der Waals surface area contributed by atoms with Gasteiger partial charge in [0.25, 0.3) is 0 Å². The Labute approximate surface area is 243 Å². The summed E-state index contributed by atoms with van der Waals surface area (Å²) in [4.78, 5) is 42.3. The van der Waals surface area contributed by atoms with Gasteiger partial charge in [0.1, 0.15) is 6.61 Å². The van der Waals surface area contributed by atoms with Crippen LogP contribution in [-0.2, 0) is 28.2 Å². The van der Waals surface area contributed by atoms with Gasteiger partial charge in [0.05, 0.1) is 6.61 Å². The van der Waals surface area contributed by atoms with Crippen molar-refractivity contribution >= 4 is 19.8 Å². The first-order valence-electron chi connectivity index (χ1n) is 15.6. The van der Waals surface area contributed by atoms with Crippen molar-refractivity contribution in [1.82, 2.24) is 0 Å². The van der Waals surface area contributed by atoms with Crippen LogP contribution >= 0.6 is 7.82 Å². The molecule has 0 bridgehead atoms. The van der Waals surface area contributed by atoms with E-state index in [1.807, 2.05) is 0 Å². The van der Waals surface area contributed by atoms with Crippen molar-refractivity contribution in [3.05, 3.63) is 24.3 Å². The number of esters is 2. The number of carbonyl (C=O) groups is 2. The number of unbranched alkanes of at least 4 members (excludes halogenated alkanes) is 14. The number of carbonyl (C=O) groups excluding carboxylic acids is 2. The molecule has 0 rings (SSSR count). The number of rotatable bonds is 28. The van der Waals surface area contributed by atoms with Crippen LogP contribution in [0.4, 0.5) is 0 Å². The van der Waals surface area contributed by atoms with E-state index in [-0.39, 0.29) is 19.4 Å². The molecule has 0 saturated heterocycles.